The zero-order chi connectivity index (χ0) is 16.0. The molecule has 0 saturated heterocycles. The molecular formula is C18H26O4. The maximum absolute atomic E-state index is 11.8. The van der Waals surface area contributed by atoms with E-state index in [-0.39, 0.29) is 23.6 Å². The standard InChI is InChI=1S/C18H26O4/c1-18(2)15(21-13-14-8-5-4-6-9-14)12-16(18)22-17(19)10-7-11-20-3/h4-6,8-9,15-16H,7,10-13H2,1-3H3/t15-,16+/m1/s1. The van der Waals surface area contributed by atoms with Crippen molar-refractivity contribution in [2.24, 2.45) is 5.41 Å². The number of hydrogen-bond donors (Lipinski definition) is 0. The third-order valence-electron chi connectivity index (χ3n) is 4.38. The molecular weight excluding hydrogens is 280 g/mol. The molecule has 1 fully saturated rings. The summed E-state index contributed by atoms with van der Waals surface area (Å²) in [5, 5.41) is 0. The van der Waals surface area contributed by atoms with Gasteiger partial charge in [0.1, 0.15) is 6.10 Å². The van der Waals surface area contributed by atoms with Crippen LogP contribution in [0.2, 0.25) is 0 Å². The van der Waals surface area contributed by atoms with Crippen LogP contribution >= 0.6 is 0 Å². The monoisotopic (exact) mass is 306 g/mol. The molecule has 0 bridgehead atoms. The van der Waals surface area contributed by atoms with Crippen LogP contribution in [0.1, 0.15) is 38.7 Å². The smallest absolute Gasteiger partial charge is 0.306 e. The highest BCUT2D eigenvalue weighted by Gasteiger charge is 2.51. The summed E-state index contributed by atoms with van der Waals surface area (Å²) in [6.07, 6.45) is 1.97. The minimum atomic E-state index is -0.142. The predicted molar refractivity (Wildman–Crippen MR) is 84.4 cm³/mol. The summed E-state index contributed by atoms with van der Waals surface area (Å²) in [7, 11) is 1.63. The van der Waals surface area contributed by atoms with E-state index in [1.165, 1.54) is 5.56 Å². The molecule has 2 rings (SSSR count). The fourth-order valence-corrected chi connectivity index (χ4v) is 2.68. The van der Waals surface area contributed by atoms with Gasteiger partial charge in [0, 0.05) is 32.0 Å². The lowest BCUT2D eigenvalue weighted by Gasteiger charge is -2.50. The van der Waals surface area contributed by atoms with Crippen molar-refractivity contribution in [3.05, 3.63) is 35.9 Å². The lowest BCUT2D eigenvalue weighted by molar-refractivity contribution is -0.206. The summed E-state index contributed by atoms with van der Waals surface area (Å²) in [5.74, 6) is -0.142. The molecule has 0 aliphatic heterocycles. The first kappa shape index (κ1) is 17.0. The average Bonchev–Trinajstić information content (AvgIpc) is 2.51. The Hall–Kier alpha value is -1.39. The molecule has 4 heteroatoms. The van der Waals surface area contributed by atoms with Crippen molar-refractivity contribution >= 4 is 5.97 Å². The number of esters is 1. The lowest BCUT2D eigenvalue weighted by atomic mass is 9.66. The molecule has 1 aliphatic carbocycles. The quantitative estimate of drug-likeness (QED) is 0.546. The highest BCUT2D eigenvalue weighted by molar-refractivity contribution is 5.69. The molecule has 1 aromatic rings. The molecule has 4 nitrogen and oxygen atoms in total. The van der Waals surface area contributed by atoms with Gasteiger partial charge in [-0.15, -0.1) is 0 Å². The third kappa shape index (κ3) is 4.31. The average molecular weight is 306 g/mol. The summed E-state index contributed by atoms with van der Waals surface area (Å²) in [4.78, 5) is 11.8. The fourth-order valence-electron chi connectivity index (χ4n) is 2.68. The highest BCUT2D eigenvalue weighted by atomic mass is 16.6. The lowest BCUT2D eigenvalue weighted by Crippen LogP contribution is -2.56. The Balaban J connectivity index is 1.73. The van der Waals surface area contributed by atoms with Gasteiger partial charge in [-0.1, -0.05) is 44.2 Å². The van der Waals surface area contributed by atoms with Gasteiger partial charge >= 0.3 is 5.97 Å². The Kier molecular flexibility index (Phi) is 5.98. The number of rotatable bonds is 8. The van der Waals surface area contributed by atoms with Crippen LogP contribution in [0.5, 0.6) is 0 Å². The van der Waals surface area contributed by atoms with E-state index in [2.05, 4.69) is 26.0 Å². The predicted octanol–water partition coefficient (Wildman–Crippen LogP) is 3.34. The van der Waals surface area contributed by atoms with E-state index in [1.807, 2.05) is 18.2 Å². The van der Waals surface area contributed by atoms with Crippen LogP contribution in [0.3, 0.4) is 0 Å². The van der Waals surface area contributed by atoms with Crippen molar-refractivity contribution in [3.8, 4) is 0 Å². The second-order valence-electron chi connectivity index (χ2n) is 6.42. The van der Waals surface area contributed by atoms with Crippen molar-refractivity contribution in [2.45, 2.75) is 51.9 Å². The maximum Gasteiger partial charge on any atom is 0.306 e. The maximum atomic E-state index is 11.8. The first-order chi connectivity index (χ1) is 10.5. The second-order valence-corrected chi connectivity index (χ2v) is 6.42. The molecule has 2 atom stereocenters. The second kappa shape index (κ2) is 7.75. The van der Waals surface area contributed by atoms with E-state index < -0.39 is 0 Å². The summed E-state index contributed by atoms with van der Waals surface area (Å²) in [6, 6.07) is 10.1. The van der Waals surface area contributed by atoms with Gasteiger partial charge in [-0.2, -0.15) is 0 Å². The van der Waals surface area contributed by atoms with Gasteiger partial charge in [0.2, 0.25) is 0 Å². The Labute approximate surface area is 132 Å². The van der Waals surface area contributed by atoms with Crippen LogP contribution in [-0.2, 0) is 25.6 Å². The fraction of sp³-hybridized carbons (Fsp3) is 0.611. The van der Waals surface area contributed by atoms with E-state index in [4.69, 9.17) is 14.2 Å². The van der Waals surface area contributed by atoms with Crippen LogP contribution < -0.4 is 0 Å². The largest absolute Gasteiger partial charge is 0.462 e. The summed E-state index contributed by atoms with van der Waals surface area (Å²) in [6.45, 7) is 5.38. The van der Waals surface area contributed by atoms with E-state index in [0.717, 1.165) is 6.42 Å². The van der Waals surface area contributed by atoms with E-state index >= 15 is 0 Å². The zero-order valence-electron chi connectivity index (χ0n) is 13.7. The molecule has 0 spiro atoms. The number of methoxy groups -OCH3 is 1. The molecule has 0 amide bonds. The minimum Gasteiger partial charge on any atom is -0.462 e. The van der Waals surface area contributed by atoms with Gasteiger partial charge in [-0.05, 0) is 12.0 Å². The zero-order valence-corrected chi connectivity index (χ0v) is 13.7. The van der Waals surface area contributed by atoms with Gasteiger partial charge < -0.3 is 14.2 Å². The van der Waals surface area contributed by atoms with Crippen LogP contribution in [0, 0.1) is 5.41 Å². The molecule has 0 aromatic heterocycles. The van der Waals surface area contributed by atoms with Crippen molar-refractivity contribution in [3.63, 3.8) is 0 Å². The first-order valence-electron chi connectivity index (χ1n) is 7.88. The van der Waals surface area contributed by atoms with E-state index in [0.29, 0.717) is 26.1 Å². The Morgan fingerprint density at radius 2 is 1.95 bits per heavy atom. The molecule has 0 N–H and O–H groups in total. The highest BCUT2D eigenvalue weighted by Crippen LogP contribution is 2.45. The molecule has 1 aromatic carbocycles. The number of carbonyl (C=O) groups is 1. The Morgan fingerprint density at radius 1 is 1.23 bits per heavy atom. The van der Waals surface area contributed by atoms with Crippen LogP contribution in [0.25, 0.3) is 0 Å². The minimum absolute atomic E-state index is 0.0525. The molecule has 1 aliphatic rings. The van der Waals surface area contributed by atoms with Crippen molar-refractivity contribution in [2.75, 3.05) is 13.7 Å². The summed E-state index contributed by atoms with van der Waals surface area (Å²) >= 11 is 0. The normalized spacial score (nSPS) is 22.9. The number of carbonyl (C=O) groups excluding carboxylic acids is 1. The topological polar surface area (TPSA) is 44.8 Å². The first-order valence-corrected chi connectivity index (χ1v) is 7.88. The van der Waals surface area contributed by atoms with Crippen LogP contribution in [0.4, 0.5) is 0 Å². The Morgan fingerprint density at radius 3 is 2.59 bits per heavy atom. The van der Waals surface area contributed by atoms with E-state index in [9.17, 15) is 4.79 Å². The summed E-state index contributed by atoms with van der Waals surface area (Å²) < 4.78 is 16.5. The van der Waals surface area contributed by atoms with Gasteiger partial charge in [0.05, 0.1) is 12.7 Å². The number of ether oxygens (including phenoxy) is 3. The third-order valence-corrected chi connectivity index (χ3v) is 4.38. The van der Waals surface area contributed by atoms with Crippen molar-refractivity contribution < 1.29 is 19.0 Å². The van der Waals surface area contributed by atoms with Crippen LogP contribution in [-0.4, -0.2) is 31.9 Å². The summed E-state index contributed by atoms with van der Waals surface area (Å²) in [5.41, 5.74) is 1.03. The number of hydrogen-bond acceptors (Lipinski definition) is 4. The molecule has 22 heavy (non-hydrogen) atoms. The molecule has 0 radical (unpaired) electrons. The van der Waals surface area contributed by atoms with Gasteiger partial charge in [-0.3, -0.25) is 4.79 Å². The Bertz CT molecular complexity index is 469. The SMILES string of the molecule is COCCCC(=O)O[C@H]1C[C@@H](OCc2ccccc2)C1(C)C. The molecule has 122 valence electrons. The van der Waals surface area contributed by atoms with Gasteiger partial charge in [0.25, 0.3) is 0 Å². The number of benzene rings is 1. The molecule has 0 heterocycles. The van der Waals surface area contributed by atoms with Gasteiger partial charge in [0.15, 0.2) is 0 Å². The van der Waals surface area contributed by atoms with Gasteiger partial charge in [-0.25, -0.2) is 0 Å². The van der Waals surface area contributed by atoms with Crippen molar-refractivity contribution in [1.29, 1.82) is 0 Å². The van der Waals surface area contributed by atoms with E-state index in [1.54, 1.807) is 7.11 Å². The van der Waals surface area contributed by atoms with Crippen LogP contribution in [0.15, 0.2) is 30.3 Å². The molecule has 0 unspecified atom stereocenters. The molecule has 1 saturated carbocycles. The van der Waals surface area contributed by atoms with Crippen molar-refractivity contribution in [1.82, 2.24) is 0 Å².